The second kappa shape index (κ2) is 4.96. The van der Waals surface area contributed by atoms with Gasteiger partial charge in [0.1, 0.15) is 5.82 Å². The first kappa shape index (κ1) is 13.5. The Balaban J connectivity index is 2.69. The number of hydrogen-bond acceptors (Lipinski definition) is 2. The maximum Gasteiger partial charge on any atom is 0.162 e. The third kappa shape index (κ3) is 2.30. The highest BCUT2D eigenvalue weighted by Crippen LogP contribution is 2.22. The summed E-state index contributed by atoms with van der Waals surface area (Å²) in [6, 6.07) is 4.22. The van der Waals surface area contributed by atoms with E-state index in [1.807, 2.05) is 13.8 Å². The molecule has 0 saturated carbocycles. The van der Waals surface area contributed by atoms with Gasteiger partial charge in [0.05, 0.1) is 11.4 Å². The predicted molar refractivity (Wildman–Crippen MR) is 72.4 cm³/mol. The Hall–Kier alpha value is -1.97. The molecule has 0 aliphatic rings. The van der Waals surface area contributed by atoms with Crippen molar-refractivity contribution in [2.45, 2.75) is 34.1 Å². The lowest BCUT2D eigenvalue weighted by Crippen LogP contribution is -2.07. The van der Waals surface area contributed by atoms with Crippen LogP contribution in [-0.4, -0.2) is 15.6 Å². The Kier molecular flexibility index (Phi) is 3.51. The largest absolute Gasteiger partial charge is 0.294 e. The van der Waals surface area contributed by atoms with Crippen molar-refractivity contribution in [3.63, 3.8) is 0 Å². The smallest absolute Gasteiger partial charge is 0.162 e. The van der Waals surface area contributed by atoms with E-state index in [1.165, 1.54) is 24.6 Å². The molecule has 3 nitrogen and oxygen atoms in total. The number of nitrogens with zero attached hydrogens (tertiary/aromatic N) is 2. The summed E-state index contributed by atoms with van der Waals surface area (Å²) >= 11 is 0. The Morgan fingerprint density at radius 3 is 2.58 bits per heavy atom. The highest BCUT2D eigenvalue weighted by atomic mass is 19.1. The first-order valence-electron chi connectivity index (χ1n) is 6.31. The van der Waals surface area contributed by atoms with Gasteiger partial charge in [-0.25, -0.2) is 9.07 Å². The zero-order valence-electron chi connectivity index (χ0n) is 11.6. The van der Waals surface area contributed by atoms with E-state index in [0.29, 0.717) is 11.3 Å². The van der Waals surface area contributed by atoms with Crippen molar-refractivity contribution in [1.29, 1.82) is 0 Å². The normalized spacial score (nSPS) is 10.8. The van der Waals surface area contributed by atoms with Crippen molar-refractivity contribution < 1.29 is 9.18 Å². The van der Waals surface area contributed by atoms with Gasteiger partial charge >= 0.3 is 0 Å². The second-order valence-corrected chi connectivity index (χ2v) is 4.63. The van der Waals surface area contributed by atoms with E-state index in [1.54, 1.807) is 10.7 Å². The fourth-order valence-electron chi connectivity index (χ4n) is 2.40. The van der Waals surface area contributed by atoms with E-state index in [9.17, 15) is 9.18 Å². The van der Waals surface area contributed by atoms with E-state index in [2.05, 4.69) is 12.0 Å². The molecule has 1 heterocycles. The van der Waals surface area contributed by atoms with Crippen LogP contribution in [0, 0.1) is 19.7 Å². The van der Waals surface area contributed by atoms with Crippen molar-refractivity contribution in [3.8, 4) is 5.69 Å². The number of aromatic nitrogens is 2. The summed E-state index contributed by atoms with van der Waals surface area (Å²) in [5.74, 6) is -0.578. The molecule has 2 aromatic rings. The van der Waals surface area contributed by atoms with Gasteiger partial charge in [0, 0.05) is 11.3 Å². The summed E-state index contributed by atoms with van der Waals surface area (Å²) in [4.78, 5) is 11.7. The quantitative estimate of drug-likeness (QED) is 0.793. The maximum absolute atomic E-state index is 13.3. The van der Waals surface area contributed by atoms with Crippen LogP contribution in [0.5, 0.6) is 0 Å². The van der Waals surface area contributed by atoms with Crippen LogP contribution in [0.3, 0.4) is 0 Å². The number of halogens is 1. The van der Waals surface area contributed by atoms with Crippen molar-refractivity contribution in [2.75, 3.05) is 0 Å². The highest BCUT2D eigenvalue weighted by molar-refractivity contribution is 5.97. The van der Waals surface area contributed by atoms with E-state index in [4.69, 9.17) is 0 Å². The number of carbonyl (C=O) groups excluding carboxylic acids is 1. The summed E-state index contributed by atoms with van der Waals surface area (Å²) in [6.45, 7) is 7.41. The molecule has 0 N–H and O–H groups in total. The van der Waals surface area contributed by atoms with Gasteiger partial charge in [0.15, 0.2) is 5.78 Å². The fourth-order valence-corrected chi connectivity index (χ4v) is 2.40. The van der Waals surface area contributed by atoms with Crippen LogP contribution in [0.15, 0.2) is 18.2 Å². The Labute approximate surface area is 112 Å². The first-order valence-corrected chi connectivity index (χ1v) is 6.31. The second-order valence-electron chi connectivity index (χ2n) is 4.63. The SMILES string of the molecule is CCc1c(C)nn(-c2ccc(F)cc2C(C)=O)c1C. The van der Waals surface area contributed by atoms with Gasteiger partial charge in [0.25, 0.3) is 0 Å². The molecule has 0 atom stereocenters. The lowest BCUT2D eigenvalue weighted by Gasteiger charge is -2.09. The molecule has 100 valence electrons. The highest BCUT2D eigenvalue weighted by Gasteiger charge is 2.16. The number of aryl methyl sites for hydroxylation is 1. The van der Waals surface area contributed by atoms with Gasteiger partial charge < -0.3 is 0 Å². The van der Waals surface area contributed by atoms with Crippen molar-refractivity contribution in [1.82, 2.24) is 9.78 Å². The Bertz CT molecular complexity index is 644. The van der Waals surface area contributed by atoms with E-state index in [0.717, 1.165) is 17.8 Å². The molecule has 0 spiro atoms. The van der Waals surface area contributed by atoms with Crippen molar-refractivity contribution in [3.05, 3.63) is 46.5 Å². The number of carbonyl (C=O) groups is 1. The van der Waals surface area contributed by atoms with Gasteiger partial charge in [-0.3, -0.25) is 4.79 Å². The summed E-state index contributed by atoms with van der Waals surface area (Å²) in [5, 5.41) is 4.47. The molecule has 1 aromatic carbocycles. The van der Waals surface area contributed by atoms with E-state index < -0.39 is 5.82 Å². The summed E-state index contributed by atoms with van der Waals surface area (Å²) in [6.07, 6.45) is 0.883. The van der Waals surface area contributed by atoms with Crippen LogP contribution in [-0.2, 0) is 6.42 Å². The molecule has 4 heteroatoms. The molecule has 19 heavy (non-hydrogen) atoms. The molecule has 0 aliphatic heterocycles. The van der Waals surface area contributed by atoms with Crippen LogP contribution >= 0.6 is 0 Å². The minimum absolute atomic E-state index is 0.167. The minimum Gasteiger partial charge on any atom is -0.294 e. The maximum atomic E-state index is 13.3. The third-order valence-corrected chi connectivity index (χ3v) is 3.36. The number of benzene rings is 1. The third-order valence-electron chi connectivity index (χ3n) is 3.36. The molecule has 0 unspecified atom stereocenters. The zero-order chi connectivity index (χ0) is 14.2. The molecule has 0 saturated heterocycles. The molecule has 0 bridgehead atoms. The molecular weight excluding hydrogens is 243 g/mol. The number of hydrogen-bond donors (Lipinski definition) is 0. The van der Waals surface area contributed by atoms with E-state index >= 15 is 0 Å². The van der Waals surface area contributed by atoms with Crippen LogP contribution in [0.2, 0.25) is 0 Å². The van der Waals surface area contributed by atoms with Gasteiger partial charge in [-0.1, -0.05) is 6.92 Å². The van der Waals surface area contributed by atoms with Crippen LogP contribution in [0.1, 0.15) is 41.2 Å². The Morgan fingerprint density at radius 2 is 2.05 bits per heavy atom. The average Bonchev–Trinajstić information content (AvgIpc) is 2.64. The molecule has 0 amide bonds. The number of ketones is 1. The molecule has 2 rings (SSSR count). The molecule has 0 radical (unpaired) electrons. The molecule has 0 fully saturated rings. The van der Waals surface area contributed by atoms with Crippen LogP contribution in [0.25, 0.3) is 5.69 Å². The summed E-state index contributed by atoms with van der Waals surface area (Å²) in [7, 11) is 0. The van der Waals surface area contributed by atoms with Crippen molar-refractivity contribution in [2.24, 2.45) is 0 Å². The topological polar surface area (TPSA) is 34.9 Å². The minimum atomic E-state index is -0.411. The summed E-state index contributed by atoms with van der Waals surface area (Å²) in [5.41, 5.74) is 4.09. The van der Waals surface area contributed by atoms with Gasteiger partial charge in [-0.05, 0) is 51.0 Å². The van der Waals surface area contributed by atoms with Crippen molar-refractivity contribution >= 4 is 5.78 Å². The van der Waals surface area contributed by atoms with Gasteiger partial charge in [-0.15, -0.1) is 0 Å². The van der Waals surface area contributed by atoms with Gasteiger partial charge in [-0.2, -0.15) is 5.10 Å². The fraction of sp³-hybridized carbons (Fsp3) is 0.333. The standard InChI is InChI=1S/C15H17FN2O/c1-5-13-9(2)17-18(10(13)3)15-7-6-12(16)8-14(15)11(4)19/h6-8H,5H2,1-4H3. The zero-order valence-corrected chi connectivity index (χ0v) is 11.6. The van der Waals surface area contributed by atoms with Crippen LogP contribution in [0.4, 0.5) is 4.39 Å². The first-order chi connectivity index (χ1) is 8.95. The number of rotatable bonds is 3. The van der Waals surface area contributed by atoms with Crippen LogP contribution < -0.4 is 0 Å². The monoisotopic (exact) mass is 260 g/mol. The Morgan fingerprint density at radius 1 is 1.37 bits per heavy atom. The number of Topliss-reactive ketones (excluding diaryl/α,β-unsaturated/α-hetero) is 1. The molecule has 0 aliphatic carbocycles. The van der Waals surface area contributed by atoms with E-state index in [-0.39, 0.29) is 5.78 Å². The summed E-state index contributed by atoms with van der Waals surface area (Å²) < 4.78 is 15.0. The lowest BCUT2D eigenvalue weighted by molar-refractivity contribution is 0.101. The van der Waals surface area contributed by atoms with Gasteiger partial charge in [0.2, 0.25) is 0 Å². The lowest BCUT2D eigenvalue weighted by atomic mass is 10.1. The average molecular weight is 260 g/mol. The molecule has 1 aromatic heterocycles. The predicted octanol–water partition coefficient (Wildman–Crippen LogP) is 3.39. The molecular formula is C15H17FN2O.